The lowest BCUT2D eigenvalue weighted by molar-refractivity contribution is -0.116. The van der Waals surface area contributed by atoms with Crippen LogP contribution in [0, 0.1) is 12.8 Å². The standard InChI is InChI=1S/C23H33N3O4S2/c1-16-22(31-23(25-16)26-21(28)12-9-17-7-3-4-8-17)18-10-11-19(30-2)20(15-18)32(29)24-13-5-6-14-27/h10-11,15,17,24,27H,3-9,12-14H2,1-2H3,(H,25,26,28). The van der Waals surface area contributed by atoms with Crippen molar-refractivity contribution < 1.29 is 18.8 Å². The summed E-state index contributed by atoms with van der Waals surface area (Å²) in [5.41, 5.74) is 1.70. The molecule has 2 aromatic rings. The molecule has 1 aliphatic rings. The quantitative estimate of drug-likeness (QED) is 0.391. The van der Waals surface area contributed by atoms with E-state index in [0.29, 0.717) is 41.1 Å². The van der Waals surface area contributed by atoms with Crippen molar-refractivity contribution in [2.24, 2.45) is 5.92 Å². The molecule has 1 fully saturated rings. The summed E-state index contributed by atoms with van der Waals surface area (Å²) in [5.74, 6) is 1.25. The fourth-order valence-corrected chi connectivity index (χ4v) is 6.01. The van der Waals surface area contributed by atoms with Crippen molar-refractivity contribution >= 4 is 33.4 Å². The second-order valence-corrected chi connectivity index (χ2v) is 10.4. The van der Waals surface area contributed by atoms with Crippen molar-refractivity contribution in [1.82, 2.24) is 9.71 Å². The zero-order valence-electron chi connectivity index (χ0n) is 18.8. The van der Waals surface area contributed by atoms with E-state index in [-0.39, 0.29) is 12.5 Å². The molecule has 0 spiro atoms. The van der Waals surface area contributed by atoms with Gasteiger partial charge in [0.25, 0.3) is 0 Å². The number of carbonyl (C=O) groups is 1. The molecule has 1 aliphatic carbocycles. The first-order valence-corrected chi connectivity index (χ1v) is 13.2. The fraction of sp³-hybridized carbons (Fsp3) is 0.565. The number of benzene rings is 1. The number of rotatable bonds is 12. The van der Waals surface area contributed by atoms with Crippen molar-refractivity contribution in [3.63, 3.8) is 0 Å². The third kappa shape index (κ3) is 6.84. The summed E-state index contributed by atoms with van der Waals surface area (Å²) in [6, 6.07) is 5.56. The molecule has 32 heavy (non-hydrogen) atoms. The summed E-state index contributed by atoms with van der Waals surface area (Å²) in [5, 5.41) is 12.4. The molecule has 1 aromatic heterocycles. The van der Waals surface area contributed by atoms with Crippen LogP contribution in [0.25, 0.3) is 10.4 Å². The number of amides is 1. The van der Waals surface area contributed by atoms with Crippen LogP contribution in [-0.4, -0.2) is 40.5 Å². The molecule has 176 valence electrons. The summed E-state index contributed by atoms with van der Waals surface area (Å²) in [6.45, 7) is 2.57. The van der Waals surface area contributed by atoms with E-state index in [1.807, 2.05) is 19.1 Å². The Labute approximate surface area is 196 Å². The molecule has 9 heteroatoms. The Kier molecular flexibility index (Phi) is 9.65. The SMILES string of the molecule is COc1ccc(-c2sc(NC(=O)CCC3CCCC3)nc2C)cc1S(=O)NCCCCO. The van der Waals surface area contributed by atoms with Gasteiger partial charge in [-0.1, -0.05) is 37.0 Å². The fourth-order valence-electron chi connectivity index (χ4n) is 3.98. The van der Waals surface area contributed by atoms with Crippen molar-refractivity contribution in [2.45, 2.75) is 63.2 Å². The smallest absolute Gasteiger partial charge is 0.226 e. The summed E-state index contributed by atoms with van der Waals surface area (Å²) >= 11 is 1.43. The third-order valence-electron chi connectivity index (χ3n) is 5.74. The van der Waals surface area contributed by atoms with Crippen molar-refractivity contribution in [3.8, 4) is 16.2 Å². The van der Waals surface area contributed by atoms with E-state index < -0.39 is 11.0 Å². The maximum absolute atomic E-state index is 12.8. The number of aliphatic hydroxyl groups is 1. The number of methoxy groups -OCH3 is 1. The Bertz CT molecular complexity index is 926. The minimum atomic E-state index is -1.44. The average molecular weight is 480 g/mol. The molecular formula is C23H33N3O4S2. The van der Waals surface area contributed by atoms with E-state index in [0.717, 1.165) is 29.0 Å². The normalized spacial score (nSPS) is 15.1. The molecule has 3 rings (SSSR count). The Morgan fingerprint density at radius 3 is 2.81 bits per heavy atom. The lowest BCUT2D eigenvalue weighted by Gasteiger charge is -2.11. The largest absolute Gasteiger partial charge is 0.495 e. The highest BCUT2D eigenvalue weighted by molar-refractivity contribution is 7.83. The number of thiazole rings is 1. The van der Waals surface area contributed by atoms with Crippen LogP contribution in [0.1, 0.15) is 57.1 Å². The molecule has 1 atom stereocenters. The molecule has 0 radical (unpaired) electrons. The van der Waals surface area contributed by atoms with Crippen LogP contribution in [0.15, 0.2) is 23.1 Å². The van der Waals surface area contributed by atoms with Gasteiger partial charge >= 0.3 is 0 Å². The number of anilines is 1. The van der Waals surface area contributed by atoms with Gasteiger partial charge < -0.3 is 15.2 Å². The topological polar surface area (TPSA) is 101 Å². The summed E-state index contributed by atoms with van der Waals surface area (Å²) in [7, 11) is 0.117. The van der Waals surface area contributed by atoms with Gasteiger partial charge in [-0.2, -0.15) is 0 Å². The van der Waals surface area contributed by atoms with E-state index in [1.165, 1.54) is 37.0 Å². The van der Waals surface area contributed by atoms with Gasteiger partial charge in [0, 0.05) is 19.6 Å². The van der Waals surface area contributed by atoms with Gasteiger partial charge in [0.15, 0.2) is 5.13 Å². The number of nitrogens with zero attached hydrogens (tertiary/aromatic N) is 1. The Balaban J connectivity index is 1.68. The van der Waals surface area contributed by atoms with Gasteiger partial charge in [0.05, 0.1) is 22.6 Å². The molecule has 7 nitrogen and oxygen atoms in total. The lowest BCUT2D eigenvalue weighted by atomic mass is 10.0. The number of aryl methyl sites for hydroxylation is 1. The van der Waals surface area contributed by atoms with E-state index >= 15 is 0 Å². The molecule has 1 amide bonds. The van der Waals surface area contributed by atoms with Crippen LogP contribution in [0.3, 0.4) is 0 Å². The van der Waals surface area contributed by atoms with Crippen LogP contribution in [0.5, 0.6) is 5.75 Å². The molecule has 1 saturated carbocycles. The van der Waals surface area contributed by atoms with E-state index in [9.17, 15) is 9.00 Å². The highest BCUT2D eigenvalue weighted by Gasteiger charge is 2.19. The van der Waals surface area contributed by atoms with Crippen LogP contribution >= 0.6 is 11.3 Å². The number of unbranched alkanes of at least 4 members (excludes halogenated alkanes) is 1. The molecule has 1 aromatic carbocycles. The summed E-state index contributed by atoms with van der Waals surface area (Å²) in [6.07, 6.45) is 7.94. The minimum Gasteiger partial charge on any atom is -0.495 e. The monoisotopic (exact) mass is 479 g/mol. The number of nitrogens with one attached hydrogen (secondary N) is 2. The van der Waals surface area contributed by atoms with Gasteiger partial charge in [-0.25, -0.2) is 13.9 Å². The molecule has 1 unspecified atom stereocenters. The highest BCUT2D eigenvalue weighted by atomic mass is 32.2. The molecule has 0 aliphatic heterocycles. The maximum Gasteiger partial charge on any atom is 0.226 e. The maximum atomic E-state index is 12.8. The predicted molar refractivity (Wildman–Crippen MR) is 129 cm³/mol. The molecule has 0 bridgehead atoms. The Morgan fingerprint density at radius 2 is 2.09 bits per heavy atom. The predicted octanol–water partition coefficient (Wildman–Crippen LogP) is 4.42. The third-order valence-corrected chi connectivity index (χ3v) is 8.05. The second kappa shape index (κ2) is 12.4. The van der Waals surface area contributed by atoms with Gasteiger partial charge in [-0.05, 0) is 55.9 Å². The van der Waals surface area contributed by atoms with Gasteiger partial charge in [0.2, 0.25) is 5.91 Å². The molecular weight excluding hydrogens is 446 g/mol. The van der Waals surface area contributed by atoms with Gasteiger partial charge in [-0.3, -0.25) is 4.79 Å². The van der Waals surface area contributed by atoms with Crippen molar-refractivity contribution in [1.29, 1.82) is 0 Å². The number of hydrogen-bond donors (Lipinski definition) is 3. The number of carbonyl (C=O) groups excluding carboxylic acids is 1. The number of hydrogen-bond acceptors (Lipinski definition) is 6. The zero-order chi connectivity index (χ0) is 22.9. The average Bonchev–Trinajstić information content (AvgIpc) is 3.44. The van der Waals surface area contributed by atoms with E-state index in [2.05, 4.69) is 15.0 Å². The first-order chi connectivity index (χ1) is 15.5. The van der Waals surface area contributed by atoms with Gasteiger partial charge in [-0.15, -0.1) is 0 Å². The zero-order valence-corrected chi connectivity index (χ0v) is 20.4. The Hall–Kier alpha value is -1.81. The van der Waals surface area contributed by atoms with E-state index in [4.69, 9.17) is 9.84 Å². The van der Waals surface area contributed by atoms with Crippen LogP contribution in [-0.2, 0) is 15.8 Å². The van der Waals surface area contributed by atoms with Crippen LogP contribution in [0.4, 0.5) is 5.13 Å². The molecule has 0 saturated heterocycles. The first-order valence-electron chi connectivity index (χ1n) is 11.2. The van der Waals surface area contributed by atoms with Crippen LogP contribution in [0.2, 0.25) is 0 Å². The van der Waals surface area contributed by atoms with E-state index in [1.54, 1.807) is 13.2 Å². The van der Waals surface area contributed by atoms with Crippen LogP contribution < -0.4 is 14.8 Å². The van der Waals surface area contributed by atoms with Crippen molar-refractivity contribution in [3.05, 3.63) is 23.9 Å². The number of aliphatic hydroxyl groups excluding tert-OH is 1. The number of aromatic nitrogens is 1. The lowest BCUT2D eigenvalue weighted by Crippen LogP contribution is -2.19. The Morgan fingerprint density at radius 1 is 1.31 bits per heavy atom. The highest BCUT2D eigenvalue weighted by Crippen LogP contribution is 2.36. The molecule has 3 N–H and O–H groups in total. The first kappa shape index (κ1) is 24.8. The summed E-state index contributed by atoms with van der Waals surface area (Å²) in [4.78, 5) is 18.4. The van der Waals surface area contributed by atoms with Crippen molar-refractivity contribution in [2.75, 3.05) is 25.6 Å². The number of ether oxygens (including phenoxy) is 1. The summed E-state index contributed by atoms with van der Waals surface area (Å²) < 4.78 is 21.2. The van der Waals surface area contributed by atoms with Gasteiger partial charge in [0.1, 0.15) is 16.7 Å². The molecule has 1 heterocycles. The minimum absolute atomic E-state index is 0.0146. The second-order valence-electron chi connectivity index (χ2n) is 8.13.